The number of nitrogens with zero attached hydrogens (tertiary/aromatic N) is 4. The van der Waals surface area contributed by atoms with Crippen LogP contribution in [0.25, 0.3) is 16.7 Å². The molecule has 5 rings (SSSR count). The zero-order chi connectivity index (χ0) is 23.8. The summed E-state index contributed by atoms with van der Waals surface area (Å²) in [7, 11) is 0. The van der Waals surface area contributed by atoms with Crippen molar-refractivity contribution in [3.05, 3.63) is 104 Å². The van der Waals surface area contributed by atoms with Crippen molar-refractivity contribution in [2.75, 3.05) is 13.1 Å². The van der Waals surface area contributed by atoms with Crippen LogP contribution < -0.4 is 11.2 Å². The molecule has 1 aliphatic rings. The molecule has 0 N–H and O–H groups in total. The van der Waals surface area contributed by atoms with Gasteiger partial charge in [-0.1, -0.05) is 48.0 Å². The average molecular weight is 455 g/mol. The summed E-state index contributed by atoms with van der Waals surface area (Å²) in [5.74, 6) is -0.189. The van der Waals surface area contributed by atoms with Gasteiger partial charge in [0.15, 0.2) is 5.65 Å². The van der Waals surface area contributed by atoms with Gasteiger partial charge in [-0.3, -0.25) is 14.2 Å². The first-order valence-electron chi connectivity index (χ1n) is 11.5. The molecule has 1 saturated heterocycles. The van der Waals surface area contributed by atoms with E-state index in [0.717, 1.165) is 24.0 Å². The topological polar surface area (TPSA) is 77.2 Å². The van der Waals surface area contributed by atoms with Gasteiger partial charge >= 0.3 is 5.69 Å². The third-order valence-corrected chi connectivity index (χ3v) is 6.28. The van der Waals surface area contributed by atoms with Crippen molar-refractivity contribution >= 4 is 16.9 Å². The Hall–Kier alpha value is -4.00. The van der Waals surface area contributed by atoms with E-state index in [2.05, 4.69) is 4.98 Å². The number of hydrogen-bond acceptors (Lipinski definition) is 4. The van der Waals surface area contributed by atoms with Crippen molar-refractivity contribution in [1.29, 1.82) is 0 Å². The van der Waals surface area contributed by atoms with Crippen molar-refractivity contribution in [1.82, 2.24) is 19.0 Å². The molecule has 34 heavy (non-hydrogen) atoms. The van der Waals surface area contributed by atoms with E-state index in [1.807, 2.05) is 49.4 Å². The lowest BCUT2D eigenvalue weighted by atomic mass is 10.1. The standard InChI is InChI=1S/C27H26N4O3/c1-18-9-8-10-20(15-18)17-30-26(33)23-22(25(32)29-13-6-7-14-29)16-19(2)28-24(23)31(27(30)34)21-11-4-3-5-12-21/h3-5,8-12,15-16H,6-7,13-14,17H2,1-2H3. The summed E-state index contributed by atoms with van der Waals surface area (Å²) >= 11 is 0. The summed E-state index contributed by atoms with van der Waals surface area (Å²) in [6.07, 6.45) is 1.89. The normalized spacial score (nSPS) is 13.5. The summed E-state index contributed by atoms with van der Waals surface area (Å²) in [5, 5.41) is 0.179. The Morgan fingerprint density at radius 1 is 0.941 bits per heavy atom. The van der Waals surface area contributed by atoms with Gasteiger partial charge in [0, 0.05) is 18.8 Å². The van der Waals surface area contributed by atoms with Crippen LogP contribution in [0, 0.1) is 13.8 Å². The number of amides is 1. The predicted octanol–water partition coefficient (Wildman–Crippen LogP) is 3.45. The second-order valence-corrected chi connectivity index (χ2v) is 8.84. The van der Waals surface area contributed by atoms with Crippen LogP contribution in [0.2, 0.25) is 0 Å². The molecule has 0 unspecified atom stereocenters. The molecule has 172 valence electrons. The molecule has 1 amide bonds. The van der Waals surface area contributed by atoms with Crippen molar-refractivity contribution in [2.24, 2.45) is 0 Å². The smallest absolute Gasteiger partial charge is 0.337 e. The fourth-order valence-electron chi connectivity index (χ4n) is 4.66. The summed E-state index contributed by atoms with van der Waals surface area (Å²) in [6.45, 7) is 5.18. The number of fused-ring (bicyclic) bond motifs is 1. The molecule has 0 spiro atoms. The highest BCUT2D eigenvalue weighted by molar-refractivity contribution is 6.05. The quantitative estimate of drug-likeness (QED) is 0.473. The van der Waals surface area contributed by atoms with Crippen molar-refractivity contribution in [3.8, 4) is 5.69 Å². The van der Waals surface area contributed by atoms with E-state index in [9.17, 15) is 14.4 Å². The first-order valence-corrected chi connectivity index (χ1v) is 11.5. The number of benzene rings is 2. The maximum atomic E-state index is 13.8. The third-order valence-electron chi connectivity index (χ3n) is 6.28. The van der Waals surface area contributed by atoms with Crippen molar-refractivity contribution in [2.45, 2.75) is 33.2 Å². The fraction of sp³-hybridized carbons (Fsp3) is 0.259. The van der Waals surface area contributed by atoms with Gasteiger partial charge in [-0.05, 0) is 50.5 Å². The van der Waals surface area contributed by atoms with Crippen LogP contribution in [0.5, 0.6) is 0 Å². The molecule has 0 aliphatic carbocycles. The van der Waals surface area contributed by atoms with E-state index in [0.29, 0.717) is 30.0 Å². The number of aryl methyl sites for hydroxylation is 2. The molecule has 7 nitrogen and oxygen atoms in total. The van der Waals surface area contributed by atoms with E-state index >= 15 is 0 Å². The molecular formula is C27H26N4O3. The van der Waals surface area contributed by atoms with E-state index in [1.165, 1.54) is 9.13 Å². The highest BCUT2D eigenvalue weighted by Crippen LogP contribution is 2.21. The van der Waals surface area contributed by atoms with Gasteiger partial charge in [0.2, 0.25) is 0 Å². The van der Waals surface area contributed by atoms with Crippen LogP contribution >= 0.6 is 0 Å². The van der Waals surface area contributed by atoms with Gasteiger partial charge in [0.05, 0.1) is 23.2 Å². The Kier molecular flexibility index (Phi) is 5.61. The molecule has 1 fully saturated rings. The SMILES string of the molecule is Cc1cccc(Cn2c(=O)c3c(C(=O)N4CCCC4)cc(C)nc3n(-c3ccccc3)c2=O)c1. The van der Waals surface area contributed by atoms with Gasteiger partial charge < -0.3 is 4.90 Å². The van der Waals surface area contributed by atoms with Crippen LogP contribution in [0.3, 0.4) is 0 Å². The van der Waals surface area contributed by atoms with Gasteiger partial charge in [-0.2, -0.15) is 0 Å². The molecule has 0 saturated carbocycles. The average Bonchev–Trinajstić information content (AvgIpc) is 3.36. The Morgan fingerprint density at radius 2 is 1.68 bits per heavy atom. The fourth-order valence-corrected chi connectivity index (χ4v) is 4.66. The monoisotopic (exact) mass is 454 g/mol. The number of pyridine rings is 1. The molecule has 0 bridgehead atoms. The Balaban J connectivity index is 1.84. The first kappa shape index (κ1) is 21.8. The Bertz CT molecular complexity index is 1510. The van der Waals surface area contributed by atoms with Crippen molar-refractivity contribution in [3.63, 3.8) is 0 Å². The highest BCUT2D eigenvalue weighted by Gasteiger charge is 2.26. The van der Waals surface area contributed by atoms with E-state index in [-0.39, 0.29) is 23.5 Å². The van der Waals surface area contributed by atoms with Crippen LogP contribution in [0.1, 0.15) is 40.0 Å². The zero-order valence-corrected chi connectivity index (χ0v) is 19.3. The number of rotatable bonds is 4. The van der Waals surface area contributed by atoms with Crippen LogP contribution in [-0.4, -0.2) is 38.0 Å². The number of likely N-dealkylation sites (tertiary alicyclic amines) is 1. The third kappa shape index (κ3) is 3.83. The molecule has 1 aliphatic heterocycles. The largest absolute Gasteiger partial charge is 0.339 e. The molecule has 2 aromatic carbocycles. The number of aromatic nitrogens is 3. The molecule has 3 heterocycles. The lowest BCUT2D eigenvalue weighted by molar-refractivity contribution is 0.0794. The zero-order valence-electron chi connectivity index (χ0n) is 19.3. The summed E-state index contributed by atoms with van der Waals surface area (Å²) in [5.41, 5.74) is 2.58. The van der Waals surface area contributed by atoms with Crippen molar-refractivity contribution < 1.29 is 4.79 Å². The summed E-state index contributed by atoms with van der Waals surface area (Å²) in [6, 6.07) is 18.5. The molecule has 2 aromatic heterocycles. The van der Waals surface area contributed by atoms with Crippen LogP contribution in [-0.2, 0) is 6.54 Å². The molecular weight excluding hydrogens is 428 g/mol. The van der Waals surface area contributed by atoms with E-state index < -0.39 is 11.2 Å². The minimum Gasteiger partial charge on any atom is -0.339 e. The highest BCUT2D eigenvalue weighted by atomic mass is 16.2. The summed E-state index contributed by atoms with van der Waals surface area (Å²) in [4.78, 5) is 47.4. The first-order chi connectivity index (χ1) is 16.4. The van der Waals surface area contributed by atoms with Gasteiger partial charge in [0.1, 0.15) is 0 Å². The predicted molar refractivity (Wildman–Crippen MR) is 132 cm³/mol. The van der Waals surface area contributed by atoms with E-state index in [1.54, 1.807) is 30.0 Å². The lowest BCUT2D eigenvalue weighted by Crippen LogP contribution is -2.41. The second kappa shape index (κ2) is 8.74. The Labute approximate surface area is 196 Å². The van der Waals surface area contributed by atoms with Gasteiger partial charge in [0.25, 0.3) is 11.5 Å². The second-order valence-electron chi connectivity index (χ2n) is 8.84. The van der Waals surface area contributed by atoms with Crippen LogP contribution in [0.15, 0.2) is 70.3 Å². The maximum Gasteiger partial charge on any atom is 0.337 e. The van der Waals surface area contributed by atoms with E-state index in [4.69, 9.17) is 0 Å². The lowest BCUT2D eigenvalue weighted by Gasteiger charge is -2.19. The Morgan fingerprint density at radius 3 is 2.38 bits per heavy atom. The molecule has 0 atom stereocenters. The summed E-state index contributed by atoms with van der Waals surface area (Å²) < 4.78 is 2.65. The minimum atomic E-state index is -0.497. The molecule has 4 aromatic rings. The minimum absolute atomic E-state index is 0.105. The van der Waals surface area contributed by atoms with Gasteiger partial charge in [-0.25, -0.2) is 14.3 Å². The number of carbonyl (C=O) groups is 1. The maximum absolute atomic E-state index is 13.8. The number of hydrogen-bond donors (Lipinski definition) is 0. The number of carbonyl (C=O) groups excluding carboxylic acids is 1. The van der Waals surface area contributed by atoms with Gasteiger partial charge in [-0.15, -0.1) is 0 Å². The molecule has 0 radical (unpaired) electrons. The number of para-hydroxylation sites is 1. The molecule has 7 heteroatoms. The van der Waals surface area contributed by atoms with Crippen LogP contribution in [0.4, 0.5) is 0 Å².